The van der Waals surface area contributed by atoms with Gasteiger partial charge >= 0.3 is 6.09 Å². The van der Waals surface area contributed by atoms with Crippen molar-refractivity contribution < 1.29 is 9.53 Å². The molecule has 6 heteroatoms. The predicted octanol–water partition coefficient (Wildman–Crippen LogP) is 2.20. The fourth-order valence-electron chi connectivity index (χ4n) is 1.80. The molecule has 0 saturated carbocycles. The van der Waals surface area contributed by atoms with Gasteiger partial charge in [0, 0.05) is 24.7 Å². The largest absolute Gasteiger partial charge is 0.445 e. The van der Waals surface area contributed by atoms with Crippen LogP contribution in [0.25, 0.3) is 0 Å². The maximum Gasteiger partial charge on any atom is 0.407 e. The predicted molar refractivity (Wildman–Crippen MR) is 89.5 cm³/mol. The summed E-state index contributed by atoms with van der Waals surface area (Å²) in [5.74, 6) is 5.94. The standard InChI is InChI=1S/C18H16N4O2/c19-11-16-10-15(12-22-17(16)20)8-4-5-9-21-18(23)24-13-14-6-2-1-3-7-14/h1-3,6-7,10,12H,5,9,13H2,(H2,20,22)(H,21,23). The maximum atomic E-state index is 11.5. The maximum absolute atomic E-state index is 11.5. The summed E-state index contributed by atoms with van der Waals surface area (Å²) < 4.78 is 5.08. The monoisotopic (exact) mass is 320 g/mol. The van der Waals surface area contributed by atoms with Crippen LogP contribution >= 0.6 is 0 Å². The van der Waals surface area contributed by atoms with Gasteiger partial charge in [0.25, 0.3) is 0 Å². The summed E-state index contributed by atoms with van der Waals surface area (Å²) >= 11 is 0. The fourth-order valence-corrected chi connectivity index (χ4v) is 1.80. The van der Waals surface area contributed by atoms with Gasteiger partial charge in [0.2, 0.25) is 0 Å². The summed E-state index contributed by atoms with van der Waals surface area (Å²) in [4.78, 5) is 15.4. The van der Waals surface area contributed by atoms with Crippen molar-refractivity contribution >= 4 is 11.9 Å². The van der Waals surface area contributed by atoms with Crippen LogP contribution in [0, 0.1) is 23.2 Å². The van der Waals surface area contributed by atoms with Crippen LogP contribution in [0.5, 0.6) is 0 Å². The minimum Gasteiger partial charge on any atom is -0.445 e. The van der Waals surface area contributed by atoms with Gasteiger partial charge in [0.1, 0.15) is 18.5 Å². The highest BCUT2D eigenvalue weighted by molar-refractivity contribution is 5.67. The molecule has 3 N–H and O–H groups in total. The molecule has 0 spiro atoms. The second-order valence-corrected chi connectivity index (χ2v) is 4.81. The average molecular weight is 320 g/mol. The van der Waals surface area contributed by atoms with Gasteiger partial charge < -0.3 is 15.8 Å². The highest BCUT2D eigenvalue weighted by Crippen LogP contribution is 2.08. The van der Waals surface area contributed by atoms with E-state index in [2.05, 4.69) is 22.1 Å². The molecule has 0 aliphatic heterocycles. The normalized spacial score (nSPS) is 9.29. The number of pyridine rings is 1. The van der Waals surface area contributed by atoms with Crippen LogP contribution in [-0.2, 0) is 11.3 Å². The molecule has 1 heterocycles. The van der Waals surface area contributed by atoms with E-state index in [1.54, 1.807) is 6.07 Å². The van der Waals surface area contributed by atoms with E-state index in [-0.39, 0.29) is 12.4 Å². The molecule has 24 heavy (non-hydrogen) atoms. The second-order valence-electron chi connectivity index (χ2n) is 4.81. The summed E-state index contributed by atoms with van der Waals surface area (Å²) in [7, 11) is 0. The quantitative estimate of drug-likeness (QED) is 0.664. The molecule has 1 aromatic heterocycles. The number of nitrogens with two attached hydrogens (primary N) is 1. The van der Waals surface area contributed by atoms with Crippen LogP contribution in [0.4, 0.5) is 10.6 Å². The number of carbonyl (C=O) groups excluding carboxylic acids is 1. The number of nitrogens with zero attached hydrogens (tertiary/aromatic N) is 2. The third kappa shape index (κ3) is 5.36. The van der Waals surface area contributed by atoms with Gasteiger partial charge in [-0.05, 0) is 11.6 Å². The Morgan fingerprint density at radius 2 is 2.12 bits per heavy atom. The van der Waals surface area contributed by atoms with E-state index in [4.69, 9.17) is 15.7 Å². The zero-order valence-corrected chi connectivity index (χ0v) is 13.0. The van der Waals surface area contributed by atoms with E-state index in [1.165, 1.54) is 6.20 Å². The summed E-state index contributed by atoms with van der Waals surface area (Å²) in [6, 6.07) is 13.0. The first-order valence-electron chi connectivity index (χ1n) is 7.28. The van der Waals surface area contributed by atoms with Gasteiger partial charge in [-0.2, -0.15) is 5.26 Å². The second kappa shape index (κ2) is 8.82. The first-order valence-corrected chi connectivity index (χ1v) is 7.28. The number of hydrogen-bond acceptors (Lipinski definition) is 5. The van der Waals surface area contributed by atoms with Crippen molar-refractivity contribution in [3.8, 4) is 17.9 Å². The molecule has 1 amide bonds. The minimum absolute atomic E-state index is 0.186. The van der Waals surface area contributed by atoms with E-state index in [9.17, 15) is 4.79 Å². The molecule has 0 unspecified atom stereocenters. The van der Waals surface area contributed by atoms with E-state index in [0.717, 1.165) is 5.56 Å². The number of ether oxygens (including phenoxy) is 1. The number of aromatic nitrogens is 1. The van der Waals surface area contributed by atoms with Crippen LogP contribution in [0.3, 0.4) is 0 Å². The molecule has 120 valence electrons. The van der Waals surface area contributed by atoms with Crippen molar-refractivity contribution in [1.29, 1.82) is 5.26 Å². The average Bonchev–Trinajstić information content (AvgIpc) is 2.62. The van der Waals surface area contributed by atoms with Crippen LogP contribution in [0.1, 0.15) is 23.1 Å². The lowest BCUT2D eigenvalue weighted by Gasteiger charge is -2.05. The molecule has 1 aromatic carbocycles. The molecule has 2 aromatic rings. The number of rotatable bonds is 4. The van der Waals surface area contributed by atoms with Gasteiger partial charge in [0.15, 0.2) is 0 Å². The summed E-state index contributed by atoms with van der Waals surface area (Å²) in [5, 5.41) is 11.5. The van der Waals surface area contributed by atoms with Crippen molar-refractivity contribution in [2.45, 2.75) is 13.0 Å². The minimum atomic E-state index is -0.485. The molecular formula is C18H16N4O2. The lowest BCUT2D eigenvalue weighted by atomic mass is 10.2. The lowest BCUT2D eigenvalue weighted by molar-refractivity contribution is 0.140. The third-order valence-electron chi connectivity index (χ3n) is 3.00. The molecule has 0 radical (unpaired) electrons. The molecule has 0 fully saturated rings. The summed E-state index contributed by atoms with van der Waals surface area (Å²) in [5.41, 5.74) is 7.36. The van der Waals surface area contributed by atoms with Crippen molar-refractivity contribution in [2.24, 2.45) is 0 Å². The Balaban J connectivity index is 1.71. The Hall–Kier alpha value is -3.51. The van der Waals surface area contributed by atoms with Gasteiger partial charge in [-0.15, -0.1) is 0 Å². The third-order valence-corrected chi connectivity index (χ3v) is 3.00. The van der Waals surface area contributed by atoms with E-state index in [0.29, 0.717) is 24.1 Å². The molecule has 6 nitrogen and oxygen atoms in total. The molecule has 0 bridgehead atoms. The molecule has 0 saturated heterocycles. The number of alkyl carbamates (subject to hydrolysis) is 1. The fraction of sp³-hybridized carbons (Fsp3) is 0.167. The van der Waals surface area contributed by atoms with E-state index < -0.39 is 6.09 Å². The van der Waals surface area contributed by atoms with Gasteiger partial charge in [-0.25, -0.2) is 9.78 Å². The molecular weight excluding hydrogens is 304 g/mol. The Bertz CT molecular complexity index is 801. The van der Waals surface area contributed by atoms with Crippen LogP contribution in [0.2, 0.25) is 0 Å². The molecule has 0 atom stereocenters. The summed E-state index contributed by atoms with van der Waals surface area (Å²) in [6.45, 7) is 0.598. The van der Waals surface area contributed by atoms with Crippen molar-refractivity contribution in [3.05, 3.63) is 59.3 Å². The highest BCUT2D eigenvalue weighted by Gasteiger charge is 2.01. The van der Waals surface area contributed by atoms with E-state index >= 15 is 0 Å². The zero-order valence-electron chi connectivity index (χ0n) is 13.0. The topological polar surface area (TPSA) is 101 Å². The SMILES string of the molecule is N#Cc1cc(C#CCCNC(=O)OCc2ccccc2)cnc1N. The Labute approximate surface area is 140 Å². The van der Waals surface area contributed by atoms with Gasteiger partial charge in [-0.1, -0.05) is 42.2 Å². The summed E-state index contributed by atoms with van der Waals surface area (Å²) in [6.07, 6.45) is 1.47. The van der Waals surface area contributed by atoms with Gasteiger partial charge in [-0.3, -0.25) is 0 Å². The Morgan fingerprint density at radius 1 is 1.33 bits per heavy atom. The first kappa shape index (κ1) is 16.9. The number of nitrogens with one attached hydrogen (secondary N) is 1. The van der Waals surface area contributed by atoms with Gasteiger partial charge in [0.05, 0.1) is 5.56 Å². The number of amides is 1. The Morgan fingerprint density at radius 3 is 2.88 bits per heavy atom. The van der Waals surface area contributed by atoms with Crippen LogP contribution in [-0.4, -0.2) is 17.6 Å². The highest BCUT2D eigenvalue weighted by atomic mass is 16.5. The van der Waals surface area contributed by atoms with Crippen LogP contribution in [0.15, 0.2) is 42.6 Å². The number of benzene rings is 1. The van der Waals surface area contributed by atoms with Crippen LogP contribution < -0.4 is 11.1 Å². The van der Waals surface area contributed by atoms with Crippen molar-refractivity contribution in [1.82, 2.24) is 10.3 Å². The number of anilines is 1. The Kier molecular flexibility index (Phi) is 6.19. The number of nitrogen functional groups attached to an aromatic ring is 1. The number of hydrogen-bond donors (Lipinski definition) is 2. The number of carbonyl (C=O) groups is 1. The smallest absolute Gasteiger partial charge is 0.407 e. The van der Waals surface area contributed by atoms with Crippen molar-refractivity contribution in [3.63, 3.8) is 0 Å². The van der Waals surface area contributed by atoms with Crippen molar-refractivity contribution in [2.75, 3.05) is 12.3 Å². The molecule has 2 rings (SSSR count). The number of nitriles is 1. The van der Waals surface area contributed by atoms with E-state index in [1.807, 2.05) is 36.4 Å². The first-order chi connectivity index (χ1) is 11.7. The molecule has 0 aliphatic carbocycles. The zero-order chi connectivity index (χ0) is 17.2. The lowest BCUT2D eigenvalue weighted by Crippen LogP contribution is -2.24. The molecule has 0 aliphatic rings.